The van der Waals surface area contributed by atoms with Crippen molar-refractivity contribution in [3.05, 3.63) is 35.6 Å². The average Bonchev–Trinajstić information content (AvgIpc) is 3.10. The lowest BCUT2D eigenvalue weighted by molar-refractivity contribution is -0.136. The molecule has 26 heavy (non-hydrogen) atoms. The van der Waals surface area contributed by atoms with Gasteiger partial charge >= 0.3 is 0 Å². The van der Waals surface area contributed by atoms with Gasteiger partial charge in [-0.2, -0.15) is 0 Å². The van der Waals surface area contributed by atoms with Gasteiger partial charge in [-0.15, -0.1) is 10.2 Å². The van der Waals surface area contributed by atoms with Crippen LogP contribution in [0.25, 0.3) is 21.3 Å². The second kappa shape index (κ2) is 6.86. The Labute approximate surface area is 157 Å². The highest BCUT2D eigenvalue weighted by molar-refractivity contribution is 7.19. The molecule has 2 aromatic heterocycles. The van der Waals surface area contributed by atoms with E-state index in [4.69, 9.17) is 16.3 Å². The summed E-state index contributed by atoms with van der Waals surface area (Å²) in [5, 5.41) is 11.9. The number of rotatable bonds is 3. The zero-order valence-electron chi connectivity index (χ0n) is 13.5. The fourth-order valence-electron chi connectivity index (χ4n) is 2.79. The number of alkyl halides is 1. The third-order valence-electron chi connectivity index (χ3n) is 4.17. The van der Waals surface area contributed by atoms with Gasteiger partial charge in [0.1, 0.15) is 0 Å². The Bertz CT molecular complexity index is 974. The molecule has 1 atom stereocenters. The van der Waals surface area contributed by atoms with E-state index < -0.39 is 11.6 Å². The molecular weight excluding hydrogens is 379 g/mol. The Hall–Kier alpha value is -2.16. The monoisotopic (exact) mass is 392 g/mol. The number of hydrogen-bond acceptors (Lipinski definition) is 6. The molecule has 0 spiro atoms. The van der Waals surface area contributed by atoms with Crippen molar-refractivity contribution >= 4 is 44.9 Å². The Morgan fingerprint density at radius 2 is 2.23 bits per heavy atom. The van der Waals surface area contributed by atoms with Crippen LogP contribution in [0.1, 0.15) is 12.8 Å². The normalized spacial score (nSPS) is 20.2. The predicted octanol–water partition coefficient (Wildman–Crippen LogP) is 3.86. The number of aromatic nitrogens is 3. The van der Waals surface area contributed by atoms with Crippen LogP contribution in [-0.4, -0.2) is 40.0 Å². The summed E-state index contributed by atoms with van der Waals surface area (Å²) in [6.45, 7) is 0.264. The first-order valence-corrected chi connectivity index (χ1v) is 9.20. The molecule has 0 saturated carbocycles. The number of ether oxygens (including phenoxy) is 1. The smallest absolute Gasteiger partial charge is 0.266 e. The van der Waals surface area contributed by atoms with Crippen LogP contribution in [0.2, 0.25) is 5.15 Å². The van der Waals surface area contributed by atoms with Gasteiger partial charge in [0.25, 0.3) is 5.91 Å². The summed E-state index contributed by atoms with van der Waals surface area (Å²) in [5.74, 6) is -0.710. The van der Waals surface area contributed by atoms with E-state index >= 15 is 0 Å². The molecule has 3 aromatic rings. The van der Waals surface area contributed by atoms with Gasteiger partial charge in [-0.1, -0.05) is 29.0 Å². The minimum absolute atomic E-state index is 0.156. The summed E-state index contributed by atoms with van der Waals surface area (Å²) in [4.78, 5) is 17.2. The van der Waals surface area contributed by atoms with Crippen LogP contribution in [0.3, 0.4) is 0 Å². The molecule has 0 bridgehead atoms. The van der Waals surface area contributed by atoms with Crippen molar-refractivity contribution < 1.29 is 13.9 Å². The van der Waals surface area contributed by atoms with E-state index in [9.17, 15) is 9.18 Å². The fraction of sp³-hybridized carbons (Fsp3) is 0.294. The summed E-state index contributed by atoms with van der Waals surface area (Å²) in [7, 11) is 0. The minimum Gasteiger partial charge on any atom is -0.378 e. The third kappa shape index (κ3) is 3.40. The highest BCUT2D eigenvalue weighted by Gasteiger charge is 2.41. The van der Waals surface area contributed by atoms with E-state index in [1.54, 1.807) is 12.3 Å². The number of thiazole rings is 1. The number of benzene rings is 1. The molecule has 134 valence electrons. The quantitative estimate of drug-likeness (QED) is 0.732. The van der Waals surface area contributed by atoms with E-state index in [-0.39, 0.29) is 13.0 Å². The number of nitrogens with one attached hydrogen (secondary N) is 1. The van der Waals surface area contributed by atoms with Gasteiger partial charge in [0, 0.05) is 18.2 Å². The molecule has 4 rings (SSSR count). The van der Waals surface area contributed by atoms with E-state index in [0.717, 1.165) is 21.3 Å². The van der Waals surface area contributed by atoms with E-state index in [1.165, 1.54) is 11.3 Å². The highest BCUT2D eigenvalue weighted by atomic mass is 35.5. The summed E-state index contributed by atoms with van der Waals surface area (Å²) in [6, 6.07) is 7.37. The number of amides is 1. The zero-order valence-corrected chi connectivity index (χ0v) is 15.1. The van der Waals surface area contributed by atoms with E-state index in [0.29, 0.717) is 23.3 Å². The summed E-state index contributed by atoms with van der Waals surface area (Å²) >= 11 is 7.16. The maximum Gasteiger partial charge on any atom is 0.266 e. The lowest BCUT2D eigenvalue weighted by Gasteiger charge is -2.27. The molecule has 1 unspecified atom stereocenters. The van der Waals surface area contributed by atoms with Crippen LogP contribution in [0.15, 0.2) is 30.5 Å². The Kier molecular flexibility index (Phi) is 4.56. The van der Waals surface area contributed by atoms with Crippen molar-refractivity contribution in [3.8, 4) is 10.4 Å². The second-order valence-corrected chi connectivity index (χ2v) is 7.46. The molecule has 1 aromatic carbocycles. The van der Waals surface area contributed by atoms with Crippen LogP contribution in [0, 0.1) is 0 Å². The van der Waals surface area contributed by atoms with E-state index in [1.807, 2.05) is 18.2 Å². The van der Waals surface area contributed by atoms with Gasteiger partial charge in [0.15, 0.2) is 10.3 Å². The Morgan fingerprint density at radius 3 is 3.04 bits per heavy atom. The summed E-state index contributed by atoms with van der Waals surface area (Å²) in [5.41, 5.74) is -0.369. The zero-order chi connectivity index (χ0) is 18.1. The molecule has 1 aliphatic heterocycles. The molecule has 9 heteroatoms. The molecule has 1 saturated heterocycles. The molecule has 3 heterocycles. The lowest BCUT2D eigenvalue weighted by Crippen LogP contribution is -2.45. The van der Waals surface area contributed by atoms with Crippen LogP contribution >= 0.6 is 22.9 Å². The molecule has 0 aliphatic carbocycles. The number of anilines is 1. The van der Waals surface area contributed by atoms with Crippen molar-refractivity contribution in [1.82, 2.24) is 15.2 Å². The van der Waals surface area contributed by atoms with E-state index in [2.05, 4.69) is 20.5 Å². The highest BCUT2D eigenvalue weighted by Crippen LogP contribution is 2.32. The number of carbonyl (C=O) groups excluding carboxylic acids is 1. The minimum atomic E-state index is -2.00. The topological polar surface area (TPSA) is 77.0 Å². The number of fused-ring (bicyclic) bond motifs is 1. The largest absolute Gasteiger partial charge is 0.378 e. The standard InChI is InChI=1S/C17H14ClFN4O2S/c18-14-7-11-6-10(2-3-12(11)22-23-14)13-8-20-16(26-13)21-15(24)17(19)4-1-5-25-9-17/h2-3,6-8H,1,4-5,9H2,(H,20,21,24). The first-order valence-electron chi connectivity index (χ1n) is 8.01. The first kappa shape index (κ1) is 17.3. The predicted molar refractivity (Wildman–Crippen MR) is 98.2 cm³/mol. The molecule has 0 radical (unpaired) electrons. The average molecular weight is 393 g/mol. The molecule has 1 N–H and O–H groups in total. The number of nitrogens with zero attached hydrogens (tertiary/aromatic N) is 3. The van der Waals surface area contributed by atoms with Gasteiger partial charge in [0.05, 0.1) is 17.0 Å². The number of carbonyl (C=O) groups is 1. The van der Waals surface area contributed by atoms with Crippen LogP contribution in [0.4, 0.5) is 9.52 Å². The molecule has 6 nitrogen and oxygen atoms in total. The maximum atomic E-state index is 14.6. The van der Waals surface area contributed by atoms with Crippen LogP contribution in [0.5, 0.6) is 0 Å². The molecule has 1 fully saturated rings. The van der Waals surface area contributed by atoms with Crippen LogP contribution in [-0.2, 0) is 9.53 Å². The van der Waals surface area contributed by atoms with Crippen molar-refractivity contribution in [1.29, 1.82) is 0 Å². The third-order valence-corrected chi connectivity index (χ3v) is 5.31. The first-order chi connectivity index (χ1) is 12.5. The van der Waals surface area contributed by atoms with Crippen LogP contribution < -0.4 is 5.32 Å². The number of hydrogen-bond donors (Lipinski definition) is 1. The summed E-state index contributed by atoms with van der Waals surface area (Å²) < 4.78 is 19.7. The SMILES string of the molecule is O=C(Nc1ncc(-c2ccc3nnc(Cl)cc3c2)s1)C1(F)CCCOC1. The van der Waals surface area contributed by atoms with Crippen molar-refractivity contribution in [2.45, 2.75) is 18.5 Å². The second-order valence-electron chi connectivity index (χ2n) is 6.05. The van der Waals surface area contributed by atoms with Gasteiger partial charge in [-0.25, -0.2) is 9.37 Å². The molecule has 1 amide bonds. The lowest BCUT2D eigenvalue weighted by atomic mass is 9.98. The van der Waals surface area contributed by atoms with Gasteiger partial charge in [0.2, 0.25) is 5.67 Å². The van der Waals surface area contributed by atoms with Gasteiger partial charge in [-0.05, 0) is 36.6 Å². The van der Waals surface area contributed by atoms with Gasteiger partial charge < -0.3 is 4.74 Å². The Morgan fingerprint density at radius 1 is 1.35 bits per heavy atom. The fourth-order valence-corrected chi connectivity index (χ4v) is 3.75. The van der Waals surface area contributed by atoms with Crippen molar-refractivity contribution in [3.63, 3.8) is 0 Å². The summed E-state index contributed by atoms with van der Waals surface area (Å²) in [6.07, 6.45) is 2.32. The van der Waals surface area contributed by atoms with Crippen molar-refractivity contribution in [2.24, 2.45) is 0 Å². The maximum absolute atomic E-state index is 14.6. The Balaban J connectivity index is 1.55. The number of halogens is 2. The molecular formula is C17H14ClFN4O2S. The van der Waals surface area contributed by atoms with Crippen molar-refractivity contribution in [2.75, 3.05) is 18.5 Å². The van der Waals surface area contributed by atoms with Gasteiger partial charge in [-0.3, -0.25) is 10.1 Å². The molecule has 1 aliphatic rings.